The molecule has 1 aromatic carbocycles. The van der Waals surface area contributed by atoms with E-state index in [0.29, 0.717) is 16.0 Å². The monoisotopic (exact) mass is 335 g/mol. The number of benzene rings is 1. The van der Waals surface area contributed by atoms with Crippen LogP contribution in [-0.2, 0) is 10.0 Å². The Bertz CT molecular complexity index is 848. The summed E-state index contributed by atoms with van der Waals surface area (Å²) in [5, 5.41) is 14.1. The fourth-order valence-corrected chi connectivity index (χ4v) is 3.10. The third-order valence-corrected chi connectivity index (χ3v) is 5.22. The van der Waals surface area contributed by atoms with Gasteiger partial charge in [-0.15, -0.1) is 0 Å². The van der Waals surface area contributed by atoms with Crippen molar-refractivity contribution in [2.45, 2.75) is 11.8 Å². The number of amides is 1. The number of rotatable bonds is 4. The molecule has 0 bridgehead atoms. The number of aromatic nitrogens is 1. The summed E-state index contributed by atoms with van der Waals surface area (Å²) in [6, 6.07) is 9.02. The molecule has 1 heterocycles. The van der Waals surface area contributed by atoms with Gasteiger partial charge in [0.05, 0.1) is 4.90 Å². The van der Waals surface area contributed by atoms with E-state index in [9.17, 15) is 18.4 Å². The predicted molar refractivity (Wildman–Crippen MR) is 85.4 cm³/mol. The SMILES string of the molecule is Cc1ccc(NC(=O)c2cccc[n+]2[O-])cc1S(=O)(=O)N(C)C. The predicted octanol–water partition coefficient (Wildman–Crippen LogP) is 1.13. The molecule has 1 N–H and O–H groups in total. The first kappa shape index (κ1) is 16.9. The van der Waals surface area contributed by atoms with Gasteiger partial charge in [-0.1, -0.05) is 6.07 Å². The van der Waals surface area contributed by atoms with Gasteiger partial charge in [-0.05, 0) is 30.7 Å². The van der Waals surface area contributed by atoms with Gasteiger partial charge in [0, 0.05) is 31.9 Å². The summed E-state index contributed by atoms with van der Waals surface area (Å²) in [5.74, 6) is -0.613. The summed E-state index contributed by atoms with van der Waals surface area (Å²) in [7, 11) is -0.754. The first-order chi connectivity index (χ1) is 10.7. The van der Waals surface area contributed by atoms with Crippen molar-refractivity contribution >= 4 is 21.6 Å². The third-order valence-electron chi connectivity index (χ3n) is 3.26. The van der Waals surface area contributed by atoms with Gasteiger partial charge in [-0.2, -0.15) is 4.73 Å². The van der Waals surface area contributed by atoms with E-state index >= 15 is 0 Å². The van der Waals surface area contributed by atoms with E-state index in [1.54, 1.807) is 25.1 Å². The molecular weight excluding hydrogens is 318 g/mol. The molecule has 23 heavy (non-hydrogen) atoms. The average Bonchev–Trinajstić information content (AvgIpc) is 2.49. The van der Waals surface area contributed by atoms with E-state index in [-0.39, 0.29) is 10.6 Å². The molecule has 1 amide bonds. The molecule has 2 rings (SSSR count). The minimum atomic E-state index is -3.62. The molecule has 0 aliphatic rings. The molecule has 0 aliphatic carbocycles. The molecule has 1 aromatic heterocycles. The Kier molecular flexibility index (Phi) is 4.67. The number of nitrogens with one attached hydrogen (secondary N) is 1. The number of aryl methyl sites for hydroxylation is 1. The first-order valence-corrected chi connectivity index (χ1v) is 8.20. The molecular formula is C15H17N3O4S. The van der Waals surface area contributed by atoms with Crippen molar-refractivity contribution in [1.29, 1.82) is 0 Å². The topological polar surface area (TPSA) is 93.4 Å². The molecule has 8 heteroatoms. The highest BCUT2D eigenvalue weighted by molar-refractivity contribution is 7.89. The number of nitrogens with zero attached hydrogens (tertiary/aromatic N) is 2. The minimum Gasteiger partial charge on any atom is -0.618 e. The smallest absolute Gasteiger partial charge is 0.321 e. The normalized spacial score (nSPS) is 11.5. The quantitative estimate of drug-likeness (QED) is 0.669. The van der Waals surface area contributed by atoms with E-state index in [0.717, 1.165) is 4.31 Å². The molecule has 0 saturated carbocycles. The lowest BCUT2D eigenvalue weighted by Crippen LogP contribution is -2.36. The van der Waals surface area contributed by atoms with Gasteiger partial charge in [0.15, 0.2) is 6.20 Å². The number of hydrogen-bond donors (Lipinski definition) is 1. The van der Waals surface area contributed by atoms with Gasteiger partial charge in [0.2, 0.25) is 10.0 Å². The van der Waals surface area contributed by atoms with Crippen LogP contribution in [0.1, 0.15) is 16.1 Å². The Hall–Kier alpha value is -2.45. The van der Waals surface area contributed by atoms with E-state index in [2.05, 4.69) is 5.32 Å². The third kappa shape index (κ3) is 3.49. The van der Waals surface area contributed by atoms with Crippen molar-refractivity contribution in [3.63, 3.8) is 0 Å². The number of carbonyl (C=O) groups excluding carboxylic acids is 1. The Balaban J connectivity index is 2.36. The standard InChI is InChI=1S/C15H17N3O4S/c1-11-7-8-12(10-14(11)23(21,22)17(2)3)16-15(19)13-6-4-5-9-18(13)20/h4-10H,1-3H3,(H,16,19). The highest BCUT2D eigenvalue weighted by Gasteiger charge is 2.21. The van der Waals surface area contributed by atoms with Crippen LogP contribution in [0.25, 0.3) is 0 Å². The molecule has 0 saturated heterocycles. The summed E-state index contributed by atoms with van der Waals surface area (Å²) >= 11 is 0. The van der Waals surface area contributed by atoms with Gasteiger partial charge in [-0.25, -0.2) is 12.7 Å². The molecule has 0 aliphatic heterocycles. The van der Waals surface area contributed by atoms with Crippen LogP contribution >= 0.6 is 0 Å². The zero-order chi connectivity index (χ0) is 17.2. The van der Waals surface area contributed by atoms with E-state index < -0.39 is 15.9 Å². The summed E-state index contributed by atoms with van der Waals surface area (Å²) in [6.07, 6.45) is 1.21. The highest BCUT2D eigenvalue weighted by atomic mass is 32.2. The van der Waals surface area contributed by atoms with E-state index in [1.807, 2.05) is 0 Å². The minimum absolute atomic E-state index is 0.0786. The maximum atomic E-state index is 12.3. The molecule has 0 unspecified atom stereocenters. The molecule has 2 aromatic rings. The van der Waals surface area contributed by atoms with Crippen molar-refractivity contribution in [3.8, 4) is 0 Å². The van der Waals surface area contributed by atoms with Crippen molar-refractivity contribution in [1.82, 2.24) is 4.31 Å². The first-order valence-electron chi connectivity index (χ1n) is 6.76. The van der Waals surface area contributed by atoms with Crippen LogP contribution in [0.4, 0.5) is 5.69 Å². The molecule has 0 fully saturated rings. The van der Waals surface area contributed by atoms with E-state index in [4.69, 9.17) is 0 Å². The Morgan fingerprint density at radius 1 is 1.22 bits per heavy atom. The molecule has 7 nitrogen and oxygen atoms in total. The van der Waals surface area contributed by atoms with Gasteiger partial charge in [-0.3, -0.25) is 4.79 Å². The number of pyridine rings is 1. The molecule has 0 atom stereocenters. The maximum absolute atomic E-state index is 12.3. The summed E-state index contributed by atoms with van der Waals surface area (Å²) < 4.78 is 26.1. The lowest BCUT2D eigenvalue weighted by molar-refractivity contribution is -0.607. The number of sulfonamides is 1. The summed E-state index contributed by atoms with van der Waals surface area (Å²) in [6.45, 7) is 1.67. The lowest BCUT2D eigenvalue weighted by Gasteiger charge is -2.15. The van der Waals surface area contributed by atoms with Crippen LogP contribution < -0.4 is 10.0 Å². The van der Waals surface area contributed by atoms with Crippen molar-refractivity contribution < 1.29 is 17.9 Å². The van der Waals surface area contributed by atoms with Crippen LogP contribution in [0.2, 0.25) is 0 Å². The van der Waals surface area contributed by atoms with Crippen molar-refractivity contribution in [2.75, 3.05) is 19.4 Å². The van der Waals surface area contributed by atoms with Crippen LogP contribution in [0.5, 0.6) is 0 Å². The van der Waals surface area contributed by atoms with Gasteiger partial charge < -0.3 is 10.5 Å². The zero-order valence-corrected chi connectivity index (χ0v) is 13.8. The van der Waals surface area contributed by atoms with Gasteiger partial charge >= 0.3 is 5.91 Å². The fraction of sp³-hybridized carbons (Fsp3) is 0.200. The van der Waals surface area contributed by atoms with Crippen LogP contribution in [0, 0.1) is 12.1 Å². The Morgan fingerprint density at radius 2 is 1.91 bits per heavy atom. The molecule has 0 spiro atoms. The van der Waals surface area contributed by atoms with Crippen LogP contribution in [0.15, 0.2) is 47.5 Å². The number of hydrogen-bond acceptors (Lipinski definition) is 4. The largest absolute Gasteiger partial charge is 0.618 e. The number of carbonyl (C=O) groups is 1. The molecule has 122 valence electrons. The second-order valence-electron chi connectivity index (χ2n) is 5.13. The lowest BCUT2D eigenvalue weighted by atomic mass is 10.2. The second-order valence-corrected chi connectivity index (χ2v) is 7.25. The highest BCUT2D eigenvalue weighted by Crippen LogP contribution is 2.22. The van der Waals surface area contributed by atoms with Crippen LogP contribution in [0.3, 0.4) is 0 Å². The summed E-state index contributed by atoms with van der Waals surface area (Å²) in [5.41, 5.74) is 0.783. The second kappa shape index (κ2) is 6.35. The fourth-order valence-electron chi connectivity index (χ4n) is 1.95. The maximum Gasteiger partial charge on any atom is 0.321 e. The van der Waals surface area contributed by atoms with Gasteiger partial charge in [0.25, 0.3) is 5.69 Å². The summed E-state index contributed by atoms with van der Waals surface area (Å²) in [4.78, 5) is 12.2. The van der Waals surface area contributed by atoms with Gasteiger partial charge in [0.1, 0.15) is 0 Å². The van der Waals surface area contributed by atoms with Crippen LogP contribution in [-0.4, -0.2) is 32.7 Å². The Labute approximate surface area is 134 Å². The zero-order valence-electron chi connectivity index (χ0n) is 13.0. The number of anilines is 1. The Morgan fingerprint density at radius 3 is 2.52 bits per heavy atom. The van der Waals surface area contributed by atoms with E-state index in [1.165, 1.54) is 38.5 Å². The molecule has 0 radical (unpaired) electrons. The van der Waals surface area contributed by atoms with Crippen molar-refractivity contribution in [3.05, 3.63) is 59.1 Å². The van der Waals surface area contributed by atoms with Crippen molar-refractivity contribution in [2.24, 2.45) is 0 Å². The average molecular weight is 335 g/mol.